The Kier molecular flexibility index (Phi) is 2.94. The van der Waals surface area contributed by atoms with Crippen LogP contribution in [0.3, 0.4) is 0 Å². The fourth-order valence-corrected chi connectivity index (χ4v) is 2.15. The van der Waals surface area contributed by atoms with Crippen LogP contribution in [0, 0.1) is 11.1 Å². The quantitative estimate of drug-likeness (QED) is 0.427. The predicted octanol–water partition coefficient (Wildman–Crippen LogP) is 2.29. The molecule has 6 nitrogen and oxygen atoms in total. The first kappa shape index (κ1) is 10.1. The summed E-state index contributed by atoms with van der Waals surface area (Å²) < 4.78 is 6.60. The van der Waals surface area contributed by atoms with Gasteiger partial charge in [0.1, 0.15) is 0 Å². The molecule has 1 heterocycles. The number of hydrogen-bond acceptors (Lipinski definition) is 5. The Morgan fingerprint density at radius 3 is 3.20 bits per heavy atom. The fourth-order valence-electron chi connectivity index (χ4n) is 2.15. The molecule has 1 aliphatic rings. The van der Waals surface area contributed by atoms with Crippen LogP contribution in [0.4, 0.5) is 5.88 Å². The van der Waals surface area contributed by atoms with Crippen molar-refractivity contribution in [2.75, 3.05) is 0 Å². The standard InChI is InChI=1S/C9H14N4O2/c1-7-3-2-4-8(5-7)13-6-9(10-11-14)15-12-13/h6-8H,2-5H2,1H3. The van der Waals surface area contributed by atoms with E-state index >= 15 is 0 Å². The molecule has 0 N–H and O–H groups in total. The third kappa shape index (κ3) is 2.31. The van der Waals surface area contributed by atoms with Crippen LogP contribution >= 0.6 is 0 Å². The van der Waals surface area contributed by atoms with E-state index in [1.165, 1.54) is 12.8 Å². The van der Waals surface area contributed by atoms with Crippen LogP contribution in [0.15, 0.2) is 21.1 Å². The molecule has 0 aromatic carbocycles. The Morgan fingerprint density at radius 2 is 2.47 bits per heavy atom. The van der Waals surface area contributed by atoms with E-state index in [0.717, 1.165) is 18.8 Å². The van der Waals surface area contributed by atoms with Crippen LogP contribution < -0.4 is 4.68 Å². The predicted molar refractivity (Wildman–Crippen MR) is 51.3 cm³/mol. The molecular weight excluding hydrogens is 196 g/mol. The summed E-state index contributed by atoms with van der Waals surface area (Å²) >= 11 is 0. The molecule has 6 heteroatoms. The van der Waals surface area contributed by atoms with Gasteiger partial charge in [0.05, 0.1) is 0 Å². The molecule has 0 spiro atoms. The van der Waals surface area contributed by atoms with Crippen LogP contribution in [-0.2, 0) is 0 Å². The van der Waals surface area contributed by atoms with Crippen molar-refractivity contribution in [1.29, 1.82) is 0 Å². The zero-order chi connectivity index (χ0) is 10.7. The van der Waals surface area contributed by atoms with Crippen molar-refractivity contribution < 1.29 is 9.20 Å². The van der Waals surface area contributed by atoms with Gasteiger partial charge in [-0.15, -0.1) is 5.11 Å². The maximum Gasteiger partial charge on any atom is 0.339 e. The van der Waals surface area contributed by atoms with Crippen LogP contribution in [0.5, 0.6) is 0 Å². The summed E-state index contributed by atoms with van der Waals surface area (Å²) in [6, 6.07) is 0.369. The highest BCUT2D eigenvalue weighted by molar-refractivity contribution is 5.09. The summed E-state index contributed by atoms with van der Waals surface area (Å²) in [5, 5.41) is 19.4. The normalized spacial score (nSPS) is 27.3. The summed E-state index contributed by atoms with van der Waals surface area (Å²) in [6.45, 7) is 2.24. The van der Waals surface area contributed by atoms with Gasteiger partial charge in [0.2, 0.25) is 5.27 Å². The SMILES string of the molecule is CC1CCCC([n+]2cc(/N=N/[O-])on2)C1. The molecular formula is C9H14N4O2. The summed E-state index contributed by atoms with van der Waals surface area (Å²) in [4.78, 5) is 0. The second-order valence-electron chi connectivity index (χ2n) is 4.13. The third-order valence-corrected chi connectivity index (χ3v) is 2.89. The molecule has 0 aliphatic heterocycles. The maximum absolute atomic E-state index is 9.90. The molecule has 1 saturated carbocycles. The molecule has 0 amide bonds. The zero-order valence-corrected chi connectivity index (χ0v) is 8.67. The lowest BCUT2D eigenvalue weighted by atomic mass is 9.87. The summed E-state index contributed by atoms with van der Waals surface area (Å²) in [5.41, 5.74) is 0. The van der Waals surface area contributed by atoms with Crippen molar-refractivity contribution in [3.05, 3.63) is 11.4 Å². The van der Waals surface area contributed by atoms with E-state index in [1.54, 1.807) is 10.9 Å². The van der Waals surface area contributed by atoms with Gasteiger partial charge in [-0.1, -0.05) is 13.3 Å². The van der Waals surface area contributed by atoms with Crippen molar-refractivity contribution in [3.63, 3.8) is 0 Å². The Bertz CT molecular complexity index is 350. The van der Waals surface area contributed by atoms with E-state index < -0.39 is 0 Å². The van der Waals surface area contributed by atoms with Gasteiger partial charge in [-0.2, -0.15) is 0 Å². The fraction of sp³-hybridized carbons (Fsp3) is 0.778. The van der Waals surface area contributed by atoms with Gasteiger partial charge in [-0.3, -0.25) is 4.52 Å². The lowest BCUT2D eigenvalue weighted by Gasteiger charge is -2.19. The van der Waals surface area contributed by atoms with Crippen molar-refractivity contribution in [2.24, 2.45) is 16.3 Å². The third-order valence-electron chi connectivity index (χ3n) is 2.89. The zero-order valence-electron chi connectivity index (χ0n) is 8.67. The van der Waals surface area contributed by atoms with Crippen molar-refractivity contribution in [2.45, 2.75) is 38.6 Å². The molecule has 15 heavy (non-hydrogen) atoms. The van der Waals surface area contributed by atoms with Gasteiger partial charge in [0, 0.05) is 12.8 Å². The van der Waals surface area contributed by atoms with E-state index in [4.69, 9.17) is 4.52 Å². The Labute approximate surface area is 87.5 Å². The lowest BCUT2D eigenvalue weighted by molar-refractivity contribution is -0.788. The lowest BCUT2D eigenvalue weighted by Crippen LogP contribution is -2.42. The van der Waals surface area contributed by atoms with Crippen molar-refractivity contribution in [1.82, 2.24) is 5.27 Å². The van der Waals surface area contributed by atoms with Crippen molar-refractivity contribution >= 4 is 5.88 Å². The van der Waals surface area contributed by atoms with Gasteiger partial charge in [0.25, 0.3) is 6.20 Å². The van der Waals surface area contributed by atoms with Gasteiger partial charge in [-0.05, 0) is 17.0 Å². The van der Waals surface area contributed by atoms with Crippen LogP contribution in [0.2, 0.25) is 0 Å². The molecule has 2 unspecified atom stereocenters. The van der Waals surface area contributed by atoms with Gasteiger partial charge in [-0.25, -0.2) is 5.28 Å². The Hall–Kier alpha value is -1.46. The molecule has 0 radical (unpaired) electrons. The minimum absolute atomic E-state index is 0.170. The van der Waals surface area contributed by atoms with E-state index in [9.17, 15) is 5.21 Å². The van der Waals surface area contributed by atoms with E-state index in [1.807, 2.05) is 0 Å². The summed E-state index contributed by atoms with van der Waals surface area (Å²) in [5.74, 6) is 0.890. The number of hydrogen-bond donors (Lipinski definition) is 0. The first-order valence-corrected chi connectivity index (χ1v) is 5.21. The molecule has 1 fully saturated rings. The molecule has 0 bridgehead atoms. The molecule has 82 valence electrons. The van der Waals surface area contributed by atoms with E-state index in [0.29, 0.717) is 6.04 Å². The van der Waals surface area contributed by atoms with Gasteiger partial charge < -0.3 is 5.21 Å². The van der Waals surface area contributed by atoms with Gasteiger partial charge in [0.15, 0.2) is 6.04 Å². The largest absolute Gasteiger partial charge is 0.775 e. The first-order valence-electron chi connectivity index (χ1n) is 5.21. The van der Waals surface area contributed by atoms with E-state index in [2.05, 4.69) is 22.6 Å². The number of aromatic nitrogens is 2. The topological polar surface area (TPSA) is 77.7 Å². The molecule has 1 aliphatic carbocycles. The monoisotopic (exact) mass is 210 g/mol. The number of rotatable bonds is 2. The second kappa shape index (κ2) is 4.37. The van der Waals surface area contributed by atoms with Crippen molar-refractivity contribution in [3.8, 4) is 0 Å². The second-order valence-corrected chi connectivity index (χ2v) is 4.13. The van der Waals surface area contributed by atoms with Crippen LogP contribution in [-0.4, -0.2) is 5.27 Å². The smallest absolute Gasteiger partial charge is 0.339 e. The average Bonchev–Trinajstić information content (AvgIpc) is 2.67. The highest BCUT2D eigenvalue weighted by Crippen LogP contribution is 2.28. The minimum atomic E-state index is 0.170. The molecule has 0 saturated heterocycles. The van der Waals surface area contributed by atoms with Crippen LogP contribution in [0.1, 0.15) is 38.6 Å². The highest BCUT2D eigenvalue weighted by atomic mass is 16.5. The minimum Gasteiger partial charge on any atom is -0.775 e. The number of nitrogens with zero attached hydrogens (tertiary/aromatic N) is 4. The Balaban J connectivity index is 2.07. The van der Waals surface area contributed by atoms with Gasteiger partial charge >= 0.3 is 5.88 Å². The summed E-state index contributed by atoms with van der Waals surface area (Å²) in [7, 11) is 0. The Morgan fingerprint density at radius 1 is 1.60 bits per heavy atom. The molecule has 2 rings (SSSR count). The average molecular weight is 210 g/mol. The van der Waals surface area contributed by atoms with E-state index in [-0.39, 0.29) is 5.88 Å². The molecule has 1 aromatic rings. The van der Waals surface area contributed by atoms with Crippen LogP contribution in [0.25, 0.3) is 0 Å². The highest BCUT2D eigenvalue weighted by Gasteiger charge is 2.29. The molecule has 1 aromatic heterocycles. The first-order chi connectivity index (χ1) is 7.29. The molecule has 2 atom stereocenters. The maximum atomic E-state index is 9.90. The summed E-state index contributed by atoms with van der Waals surface area (Å²) in [6.07, 6.45) is 6.33.